The number of nitrogen functional groups attached to an aromatic ring is 1. The van der Waals surface area contributed by atoms with Crippen molar-refractivity contribution in [2.45, 2.75) is 6.92 Å². The molecule has 1 aromatic carbocycles. The second kappa shape index (κ2) is 4.55. The van der Waals surface area contributed by atoms with Crippen LogP contribution < -0.4 is 5.73 Å². The zero-order chi connectivity index (χ0) is 12.4. The lowest BCUT2D eigenvalue weighted by Crippen LogP contribution is -2.07. The van der Waals surface area contributed by atoms with Crippen molar-refractivity contribution in [3.63, 3.8) is 0 Å². The molecule has 2 aromatic rings. The highest BCUT2D eigenvalue weighted by atomic mass is 35.5. The predicted octanol–water partition coefficient (Wildman–Crippen LogP) is 3.04. The maximum atomic E-state index is 8.12. The Morgan fingerprint density at radius 2 is 2.00 bits per heavy atom. The SMILES string of the molecule is Cc1cc(N)c(C(=N)c2ccccc2Cl)cn1. The summed E-state index contributed by atoms with van der Waals surface area (Å²) in [7, 11) is 0. The Hall–Kier alpha value is -1.87. The fourth-order valence-electron chi connectivity index (χ4n) is 1.60. The van der Waals surface area contributed by atoms with Crippen LogP contribution in [0.2, 0.25) is 5.02 Å². The van der Waals surface area contributed by atoms with Crippen molar-refractivity contribution in [2.24, 2.45) is 0 Å². The van der Waals surface area contributed by atoms with Gasteiger partial charge in [-0.15, -0.1) is 0 Å². The first kappa shape index (κ1) is 11.6. The van der Waals surface area contributed by atoms with Crippen molar-refractivity contribution >= 4 is 23.0 Å². The zero-order valence-corrected chi connectivity index (χ0v) is 10.1. The molecule has 4 heteroatoms. The maximum absolute atomic E-state index is 8.12. The molecule has 0 saturated heterocycles. The molecule has 0 bridgehead atoms. The summed E-state index contributed by atoms with van der Waals surface area (Å²) in [5.41, 5.74) is 8.81. The Bertz CT molecular complexity index is 579. The van der Waals surface area contributed by atoms with Gasteiger partial charge < -0.3 is 5.73 Å². The number of rotatable bonds is 2. The Labute approximate surface area is 105 Å². The highest BCUT2D eigenvalue weighted by molar-refractivity contribution is 6.35. The van der Waals surface area contributed by atoms with Crippen LogP contribution >= 0.6 is 11.6 Å². The van der Waals surface area contributed by atoms with Gasteiger partial charge in [-0.1, -0.05) is 29.8 Å². The number of benzene rings is 1. The van der Waals surface area contributed by atoms with E-state index in [-0.39, 0.29) is 0 Å². The summed E-state index contributed by atoms with van der Waals surface area (Å²) >= 11 is 6.05. The number of pyridine rings is 1. The van der Waals surface area contributed by atoms with Crippen LogP contribution in [-0.2, 0) is 0 Å². The monoisotopic (exact) mass is 245 g/mol. The van der Waals surface area contributed by atoms with Crippen LogP contribution in [0.1, 0.15) is 16.8 Å². The molecule has 0 aliphatic carbocycles. The third-order valence-electron chi connectivity index (χ3n) is 2.49. The molecule has 0 fully saturated rings. The summed E-state index contributed by atoms with van der Waals surface area (Å²) < 4.78 is 0. The molecule has 0 amide bonds. The molecular formula is C13H12ClN3. The van der Waals surface area contributed by atoms with Crippen LogP contribution in [0.3, 0.4) is 0 Å². The van der Waals surface area contributed by atoms with E-state index in [9.17, 15) is 0 Å². The molecule has 3 N–H and O–H groups in total. The lowest BCUT2D eigenvalue weighted by molar-refractivity contribution is 1.19. The summed E-state index contributed by atoms with van der Waals surface area (Å²) in [6, 6.07) is 8.97. The van der Waals surface area contributed by atoms with Crippen molar-refractivity contribution in [3.05, 3.63) is 58.4 Å². The van der Waals surface area contributed by atoms with E-state index in [4.69, 9.17) is 22.7 Å². The van der Waals surface area contributed by atoms with Gasteiger partial charge in [0.05, 0.1) is 5.71 Å². The van der Waals surface area contributed by atoms with Gasteiger partial charge in [0, 0.05) is 33.7 Å². The van der Waals surface area contributed by atoms with Gasteiger partial charge in [0.1, 0.15) is 0 Å². The smallest absolute Gasteiger partial charge is 0.0735 e. The number of aromatic nitrogens is 1. The summed E-state index contributed by atoms with van der Waals surface area (Å²) in [4.78, 5) is 4.15. The van der Waals surface area contributed by atoms with Crippen LogP contribution in [0, 0.1) is 12.3 Å². The molecule has 0 radical (unpaired) electrons. The van der Waals surface area contributed by atoms with Gasteiger partial charge in [0.25, 0.3) is 0 Å². The Balaban J connectivity index is 2.48. The first-order chi connectivity index (χ1) is 8.09. The van der Waals surface area contributed by atoms with E-state index >= 15 is 0 Å². The van der Waals surface area contributed by atoms with Crippen LogP contribution in [0.5, 0.6) is 0 Å². The lowest BCUT2D eigenvalue weighted by atomic mass is 10.0. The predicted molar refractivity (Wildman–Crippen MR) is 70.8 cm³/mol. The van der Waals surface area contributed by atoms with E-state index in [0.29, 0.717) is 27.5 Å². The summed E-state index contributed by atoms with van der Waals surface area (Å²) in [6.45, 7) is 1.86. The van der Waals surface area contributed by atoms with E-state index in [1.165, 1.54) is 0 Å². The molecule has 0 saturated carbocycles. The molecule has 3 nitrogen and oxygen atoms in total. The van der Waals surface area contributed by atoms with Crippen molar-refractivity contribution in [2.75, 3.05) is 5.73 Å². The lowest BCUT2D eigenvalue weighted by Gasteiger charge is -2.09. The van der Waals surface area contributed by atoms with Gasteiger partial charge in [-0.25, -0.2) is 0 Å². The number of halogens is 1. The second-order valence-electron chi connectivity index (χ2n) is 3.77. The van der Waals surface area contributed by atoms with Crippen molar-refractivity contribution in [1.82, 2.24) is 4.98 Å². The molecule has 1 aromatic heterocycles. The topological polar surface area (TPSA) is 62.8 Å². The molecule has 17 heavy (non-hydrogen) atoms. The largest absolute Gasteiger partial charge is 0.398 e. The quantitative estimate of drug-likeness (QED) is 0.799. The molecule has 0 aliphatic heterocycles. The number of anilines is 1. The van der Waals surface area contributed by atoms with E-state index in [1.807, 2.05) is 19.1 Å². The van der Waals surface area contributed by atoms with Gasteiger partial charge in [0.2, 0.25) is 0 Å². The number of hydrogen-bond acceptors (Lipinski definition) is 3. The molecule has 0 atom stereocenters. The molecule has 1 heterocycles. The minimum absolute atomic E-state index is 0.292. The maximum Gasteiger partial charge on any atom is 0.0735 e. The van der Waals surface area contributed by atoms with Crippen molar-refractivity contribution < 1.29 is 0 Å². The molecule has 2 rings (SSSR count). The van der Waals surface area contributed by atoms with Crippen molar-refractivity contribution in [1.29, 1.82) is 5.41 Å². The van der Waals surface area contributed by atoms with E-state index in [2.05, 4.69) is 4.98 Å². The summed E-state index contributed by atoms with van der Waals surface area (Å²) in [5, 5.41) is 8.66. The van der Waals surface area contributed by atoms with Crippen LogP contribution in [0.15, 0.2) is 36.5 Å². The Kier molecular flexibility index (Phi) is 3.11. The number of nitrogens with zero attached hydrogens (tertiary/aromatic N) is 1. The van der Waals surface area contributed by atoms with Gasteiger partial charge in [-0.05, 0) is 19.1 Å². The zero-order valence-electron chi connectivity index (χ0n) is 9.37. The molecule has 0 unspecified atom stereocenters. The number of hydrogen-bond donors (Lipinski definition) is 2. The number of nitrogens with two attached hydrogens (primary N) is 1. The third-order valence-corrected chi connectivity index (χ3v) is 2.81. The highest BCUT2D eigenvalue weighted by Crippen LogP contribution is 2.21. The highest BCUT2D eigenvalue weighted by Gasteiger charge is 2.11. The van der Waals surface area contributed by atoms with Gasteiger partial charge >= 0.3 is 0 Å². The average Bonchev–Trinajstić information content (AvgIpc) is 2.29. The molecular weight excluding hydrogens is 234 g/mol. The van der Waals surface area contributed by atoms with Gasteiger partial charge in [-0.3, -0.25) is 10.4 Å². The first-order valence-electron chi connectivity index (χ1n) is 5.15. The fraction of sp³-hybridized carbons (Fsp3) is 0.0769. The van der Waals surface area contributed by atoms with Crippen LogP contribution in [0.4, 0.5) is 5.69 Å². The van der Waals surface area contributed by atoms with Gasteiger partial charge in [0.15, 0.2) is 0 Å². The number of nitrogens with one attached hydrogen (secondary N) is 1. The Morgan fingerprint density at radius 3 is 2.65 bits per heavy atom. The summed E-state index contributed by atoms with van der Waals surface area (Å²) in [6.07, 6.45) is 1.61. The number of aryl methyl sites for hydroxylation is 1. The second-order valence-corrected chi connectivity index (χ2v) is 4.17. The minimum Gasteiger partial charge on any atom is -0.398 e. The van der Waals surface area contributed by atoms with E-state index < -0.39 is 0 Å². The molecule has 0 spiro atoms. The normalized spacial score (nSPS) is 10.2. The minimum atomic E-state index is 0.292. The molecule has 0 aliphatic rings. The standard InChI is InChI=1S/C13H12ClN3/c1-8-6-12(15)10(7-17-8)13(16)9-4-2-3-5-11(9)14/h2-7,16H,1H3,(H2,15,17). The molecule has 86 valence electrons. The average molecular weight is 246 g/mol. The Morgan fingerprint density at radius 1 is 1.29 bits per heavy atom. The van der Waals surface area contributed by atoms with Crippen LogP contribution in [-0.4, -0.2) is 10.7 Å². The van der Waals surface area contributed by atoms with Crippen LogP contribution in [0.25, 0.3) is 0 Å². The summed E-state index contributed by atoms with van der Waals surface area (Å²) in [5.74, 6) is 0. The van der Waals surface area contributed by atoms with E-state index in [0.717, 1.165) is 5.69 Å². The first-order valence-corrected chi connectivity index (χ1v) is 5.53. The van der Waals surface area contributed by atoms with E-state index in [1.54, 1.807) is 24.4 Å². The third kappa shape index (κ3) is 2.29. The van der Waals surface area contributed by atoms with Gasteiger partial charge in [-0.2, -0.15) is 0 Å². The van der Waals surface area contributed by atoms with Crippen molar-refractivity contribution in [3.8, 4) is 0 Å². The fourth-order valence-corrected chi connectivity index (χ4v) is 1.83.